The van der Waals surface area contributed by atoms with Crippen molar-refractivity contribution < 1.29 is 13.6 Å². The fourth-order valence-corrected chi connectivity index (χ4v) is 2.64. The van der Waals surface area contributed by atoms with Gasteiger partial charge in [-0.3, -0.25) is 4.79 Å². The standard InChI is InChI=1S/C12H8ClF2NOS/c1-5-2-9(18-12(5)13)11(17)7-3-6(14)4-8(16)10(7)15/h2-4H,16H2,1H3. The number of thiophene rings is 1. The van der Waals surface area contributed by atoms with Gasteiger partial charge >= 0.3 is 0 Å². The van der Waals surface area contributed by atoms with Gasteiger partial charge in [0.2, 0.25) is 5.78 Å². The Morgan fingerprint density at radius 2 is 2.00 bits per heavy atom. The molecule has 1 heterocycles. The highest BCUT2D eigenvalue weighted by Crippen LogP contribution is 2.30. The monoisotopic (exact) mass is 287 g/mol. The Labute approximate surface area is 111 Å². The molecule has 2 nitrogen and oxygen atoms in total. The minimum absolute atomic E-state index is 0.251. The molecule has 0 amide bonds. The first kappa shape index (κ1) is 13.0. The predicted octanol–water partition coefficient (Wildman–Crippen LogP) is 3.80. The van der Waals surface area contributed by atoms with Gasteiger partial charge in [0, 0.05) is 0 Å². The lowest BCUT2D eigenvalue weighted by atomic mass is 10.1. The van der Waals surface area contributed by atoms with E-state index in [0.717, 1.165) is 29.0 Å². The summed E-state index contributed by atoms with van der Waals surface area (Å²) in [5.74, 6) is -2.29. The van der Waals surface area contributed by atoms with Crippen molar-refractivity contribution in [2.45, 2.75) is 6.92 Å². The second-order valence-electron chi connectivity index (χ2n) is 3.75. The highest BCUT2D eigenvalue weighted by atomic mass is 35.5. The molecule has 2 rings (SSSR count). The number of ketones is 1. The van der Waals surface area contributed by atoms with E-state index in [9.17, 15) is 13.6 Å². The van der Waals surface area contributed by atoms with Gasteiger partial charge in [0.05, 0.1) is 20.5 Å². The van der Waals surface area contributed by atoms with Crippen LogP contribution in [-0.4, -0.2) is 5.78 Å². The van der Waals surface area contributed by atoms with Gasteiger partial charge in [0.1, 0.15) is 5.82 Å². The fraction of sp³-hybridized carbons (Fsp3) is 0.0833. The summed E-state index contributed by atoms with van der Waals surface area (Å²) < 4.78 is 27.3. The van der Waals surface area contributed by atoms with Crippen molar-refractivity contribution in [1.82, 2.24) is 0 Å². The molecule has 2 aromatic rings. The summed E-state index contributed by atoms with van der Waals surface area (Å²) in [4.78, 5) is 12.3. The first-order valence-electron chi connectivity index (χ1n) is 4.95. The molecule has 18 heavy (non-hydrogen) atoms. The number of aryl methyl sites for hydroxylation is 1. The van der Waals surface area contributed by atoms with Crippen molar-refractivity contribution in [2.24, 2.45) is 0 Å². The van der Waals surface area contributed by atoms with E-state index in [1.54, 1.807) is 6.92 Å². The summed E-state index contributed by atoms with van der Waals surface area (Å²) in [6.07, 6.45) is 0. The van der Waals surface area contributed by atoms with Crippen molar-refractivity contribution in [2.75, 3.05) is 5.73 Å². The Hall–Kier alpha value is -1.46. The van der Waals surface area contributed by atoms with Crippen LogP contribution in [0.15, 0.2) is 18.2 Å². The van der Waals surface area contributed by atoms with Gasteiger partial charge in [0.25, 0.3) is 0 Å². The molecule has 0 bridgehead atoms. The van der Waals surface area contributed by atoms with E-state index in [1.807, 2.05) is 0 Å². The molecule has 0 radical (unpaired) electrons. The number of benzene rings is 1. The topological polar surface area (TPSA) is 43.1 Å². The fourth-order valence-electron chi connectivity index (χ4n) is 1.48. The quantitative estimate of drug-likeness (QED) is 0.674. The average molecular weight is 288 g/mol. The third kappa shape index (κ3) is 2.23. The van der Waals surface area contributed by atoms with E-state index in [1.165, 1.54) is 6.07 Å². The molecule has 0 aliphatic heterocycles. The molecule has 0 spiro atoms. The van der Waals surface area contributed by atoms with Crippen molar-refractivity contribution in [3.8, 4) is 0 Å². The summed E-state index contributed by atoms with van der Waals surface area (Å²) >= 11 is 6.86. The number of carbonyl (C=O) groups excluding carboxylic acids is 1. The number of rotatable bonds is 2. The van der Waals surface area contributed by atoms with E-state index in [0.29, 0.717) is 4.34 Å². The molecule has 0 saturated carbocycles. The Bertz CT molecular complexity index is 620. The van der Waals surface area contributed by atoms with Crippen LogP contribution in [0.25, 0.3) is 0 Å². The first-order chi connectivity index (χ1) is 8.40. The van der Waals surface area contributed by atoms with Gasteiger partial charge in [0.15, 0.2) is 5.82 Å². The normalized spacial score (nSPS) is 10.7. The summed E-state index contributed by atoms with van der Waals surface area (Å²) in [5.41, 5.74) is 5.23. The number of anilines is 1. The largest absolute Gasteiger partial charge is 0.396 e. The molecule has 94 valence electrons. The molecule has 1 aromatic carbocycles. The highest BCUT2D eigenvalue weighted by Gasteiger charge is 2.20. The van der Waals surface area contributed by atoms with E-state index < -0.39 is 23.1 Å². The summed E-state index contributed by atoms with van der Waals surface area (Å²) in [6.45, 7) is 1.73. The molecule has 0 aliphatic rings. The lowest BCUT2D eigenvalue weighted by Crippen LogP contribution is -2.06. The van der Waals surface area contributed by atoms with E-state index in [4.69, 9.17) is 17.3 Å². The Morgan fingerprint density at radius 3 is 2.56 bits per heavy atom. The smallest absolute Gasteiger partial charge is 0.206 e. The number of hydrogen-bond acceptors (Lipinski definition) is 3. The summed E-state index contributed by atoms with van der Waals surface area (Å²) in [6, 6.07) is 3.20. The minimum atomic E-state index is -0.913. The average Bonchev–Trinajstić information content (AvgIpc) is 2.63. The van der Waals surface area contributed by atoms with Crippen molar-refractivity contribution >= 4 is 34.4 Å². The first-order valence-corrected chi connectivity index (χ1v) is 6.14. The van der Waals surface area contributed by atoms with Gasteiger partial charge < -0.3 is 5.73 Å². The van der Waals surface area contributed by atoms with Crippen LogP contribution >= 0.6 is 22.9 Å². The molecule has 0 unspecified atom stereocenters. The molecule has 0 aliphatic carbocycles. The van der Waals surface area contributed by atoms with Gasteiger partial charge in [-0.05, 0) is 30.7 Å². The molecular formula is C12H8ClF2NOS. The van der Waals surface area contributed by atoms with E-state index in [2.05, 4.69) is 0 Å². The second kappa shape index (κ2) is 4.66. The molecular weight excluding hydrogens is 280 g/mol. The van der Waals surface area contributed by atoms with Crippen molar-refractivity contribution in [3.63, 3.8) is 0 Å². The lowest BCUT2D eigenvalue weighted by Gasteiger charge is -2.03. The van der Waals surface area contributed by atoms with Crippen LogP contribution in [-0.2, 0) is 0 Å². The zero-order chi connectivity index (χ0) is 13.4. The van der Waals surface area contributed by atoms with Crippen LogP contribution < -0.4 is 5.73 Å². The van der Waals surface area contributed by atoms with Crippen LogP contribution in [0, 0.1) is 18.6 Å². The zero-order valence-corrected chi connectivity index (χ0v) is 10.8. The molecule has 2 N–H and O–H groups in total. The Morgan fingerprint density at radius 1 is 1.33 bits per heavy atom. The third-order valence-corrected chi connectivity index (χ3v) is 3.95. The molecule has 6 heteroatoms. The molecule has 0 fully saturated rings. The van der Waals surface area contributed by atoms with Crippen LogP contribution in [0.1, 0.15) is 20.8 Å². The number of halogens is 3. The van der Waals surface area contributed by atoms with Crippen molar-refractivity contribution in [1.29, 1.82) is 0 Å². The zero-order valence-electron chi connectivity index (χ0n) is 9.26. The number of nitrogen functional groups attached to an aromatic ring is 1. The number of carbonyl (C=O) groups is 1. The highest BCUT2D eigenvalue weighted by molar-refractivity contribution is 7.18. The second-order valence-corrected chi connectivity index (χ2v) is 5.41. The maximum Gasteiger partial charge on any atom is 0.206 e. The lowest BCUT2D eigenvalue weighted by molar-refractivity contribution is 0.103. The summed E-state index contributed by atoms with van der Waals surface area (Å²) in [7, 11) is 0. The van der Waals surface area contributed by atoms with Crippen LogP contribution in [0.3, 0.4) is 0 Å². The maximum absolute atomic E-state index is 13.7. The SMILES string of the molecule is Cc1cc(C(=O)c2cc(F)cc(N)c2F)sc1Cl. The molecule has 1 aromatic heterocycles. The Balaban J connectivity index is 2.52. The summed E-state index contributed by atoms with van der Waals surface area (Å²) in [5, 5.41) is 0. The maximum atomic E-state index is 13.7. The number of nitrogens with two attached hydrogens (primary N) is 1. The Kier molecular flexibility index (Phi) is 3.36. The van der Waals surface area contributed by atoms with Crippen LogP contribution in [0.4, 0.5) is 14.5 Å². The molecule has 0 saturated heterocycles. The van der Waals surface area contributed by atoms with Gasteiger partial charge in [-0.2, -0.15) is 0 Å². The predicted molar refractivity (Wildman–Crippen MR) is 68.3 cm³/mol. The number of hydrogen-bond donors (Lipinski definition) is 1. The van der Waals surface area contributed by atoms with Crippen molar-refractivity contribution in [3.05, 3.63) is 50.2 Å². The van der Waals surface area contributed by atoms with Gasteiger partial charge in [-0.1, -0.05) is 11.6 Å². The van der Waals surface area contributed by atoms with Gasteiger partial charge in [-0.25, -0.2) is 8.78 Å². The minimum Gasteiger partial charge on any atom is -0.396 e. The van der Waals surface area contributed by atoms with E-state index >= 15 is 0 Å². The third-order valence-electron chi connectivity index (χ3n) is 2.39. The van der Waals surface area contributed by atoms with Crippen LogP contribution in [0.5, 0.6) is 0 Å². The molecule has 0 atom stereocenters. The van der Waals surface area contributed by atoms with Gasteiger partial charge in [-0.15, -0.1) is 11.3 Å². The van der Waals surface area contributed by atoms with Crippen LogP contribution in [0.2, 0.25) is 4.34 Å². The van der Waals surface area contributed by atoms with E-state index in [-0.39, 0.29) is 10.4 Å².